The van der Waals surface area contributed by atoms with Crippen LogP contribution in [-0.2, 0) is 14.3 Å². The molecule has 0 radical (unpaired) electrons. The standard InChI is InChI=1S/C21H28N2O4S/c1-13-6-7-17(24)15(10-13)16-12-28-20(22-16)23-9-8-14(18(11-23)26-5)19(25)27-21(2,3)4/h6-7,10,12,14,18,24H,8-9,11H2,1-5H3/t14?,18-/m0/s1. The zero-order valence-electron chi connectivity index (χ0n) is 17.1. The highest BCUT2D eigenvalue weighted by atomic mass is 32.1. The molecule has 1 aliphatic rings. The Bertz CT molecular complexity index is 843. The number of carbonyl (C=O) groups is 1. The van der Waals surface area contributed by atoms with Crippen LogP contribution in [0.2, 0.25) is 0 Å². The van der Waals surface area contributed by atoms with E-state index in [2.05, 4.69) is 4.90 Å². The topological polar surface area (TPSA) is 71.9 Å². The minimum absolute atomic E-state index is 0.205. The highest BCUT2D eigenvalue weighted by molar-refractivity contribution is 7.14. The summed E-state index contributed by atoms with van der Waals surface area (Å²) < 4.78 is 11.2. The van der Waals surface area contributed by atoms with Crippen LogP contribution in [0.15, 0.2) is 23.6 Å². The zero-order chi connectivity index (χ0) is 20.5. The molecule has 7 heteroatoms. The first kappa shape index (κ1) is 20.6. The lowest BCUT2D eigenvalue weighted by molar-refractivity contribution is -0.165. The molecule has 1 saturated heterocycles. The normalized spacial score (nSPS) is 20.2. The van der Waals surface area contributed by atoms with Gasteiger partial charge in [-0.3, -0.25) is 4.79 Å². The molecule has 1 aromatic carbocycles. The Labute approximate surface area is 170 Å². The van der Waals surface area contributed by atoms with Gasteiger partial charge >= 0.3 is 5.97 Å². The van der Waals surface area contributed by atoms with Gasteiger partial charge < -0.3 is 19.5 Å². The molecule has 3 rings (SSSR count). The maximum atomic E-state index is 12.5. The van der Waals surface area contributed by atoms with E-state index in [1.165, 1.54) is 11.3 Å². The van der Waals surface area contributed by atoms with Crippen LogP contribution in [0.3, 0.4) is 0 Å². The molecule has 1 aliphatic heterocycles. The number of rotatable bonds is 4. The third kappa shape index (κ3) is 4.64. The molecule has 2 aromatic rings. The monoisotopic (exact) mass is 404 g/mol. The van der Waals surface area contributed by atoms with Gasteiger partial charge in [0.2, 0.25) is 0 Å². The number of esters is 1. The maximum absolute atomic E-state index is 12.5. The first-order valence-electron chi connectivity index (χ1n) is 9.44. The number of hydrogen-bond acceptors (Lipinski definition) is 7. The molecule has 0 spiro atoms. The smallest absolute Gasteiger partial charge is 0.312 e. The van der Waals surface area contributed by atoms with Crippen molar-refractivity contribution >= 4 is 22.4 Å². The summed E-state index contributed by atoms with van der Waals surface area (Å²) >= 11 is 1.53. The minimum atomic E-state index is -0.507. The molecule has 0 saturated carbocycles. The fourth-order valence-corrected chi connectivity index (χ4v) is 4.23. The van der Waals surface area contributed by atoms with E-state index in [9.17, 15) is 9.90 Å². The second-order valence-corrected chi connectivity index (χ2v) is 9.02. The number of methoxy groups -OCH3 is 1. The Morgan fingerprint density at radius 2 is 2.11 bits per heavy atom. The largest absolute Gasteiger partial charge is 0.507 e. The predicted octanol–water partition coefficient (Wildman–Crippen LogP) is 4.01. The number of aromatic nitrogens is 1. The lowest BCUT2D eigenvalue weighted by Crippen LogP contribution is -2.49. The molecule has 1 fully saturated rings. The van der Waals surface area contributed by atoms with Gasteiger partial charge in [-0.1, -0.05) is 11.6 Å². The molecule has 1 aromatic heterocycles. The van der Waals surface area contributed by atoms with E-state index in [-0.39, 0.29) is 23.7 Å². The molecule has 1 unspecified atom stereocenters. The number of thiazole rings is 1. The molecule has 0 amide bonds. The Morgan fingerprint density at radius 3 is 2.79 bits per heavy atom. The van der Waals surface area contributed by atoms with Crippen molar-refractivity contribution in [3.05, 3.63) is 29.1 Å². The highest BCUT2D eigenvalue weighted by Crippen LogP contribution is 2.35. The van der Waals surface area contributed by atoms with Crippen molar-refractivity contribution in [1.29, 1.82) is 0 Å². The molecule has 2 atom stereocenters. The summed E-state index contributed by atoms with van der Waals surface area (Å²) in [7, 11) is 1.63. The number of nitrogens with zero attached hydrogens (tertiary/aromatic N) is 2. The quantitative estimate of drug-likeness (QED) is 0.777. The summed E-state index contributed by atoms with van der Waals surface area (Å²) in [6.45, 7) is 8.89. The van der Waals surface area contributed by atoms with Crippen molar-refractivity contribution in [3.63, 3.8) is 0 Å². The van der Waals surface area contributed by atoms with Crippen LogP contribution in [-0.4, -0.2) is 48.0 Å². The fourth-order valence-electron chi connectivity index (χ4n) is 3.36. The average molecular weight is 405 g/mol. The van der Waals surface area contributed by atoms with E-state index < -0.39 is 5.60 Å². The van der Waals surface area contributed by atoms with Crippen LogP contribution in [0.4, 0.5) is 5.13 Å². The van der Waals surface area contributed by atoms with E-state index in [0.717, 1.165) is 22.0 Å². The maximum Gasteiger partial charge on any atom is 0.312 e. The number of phenols is 1. The van der Waals surface area contributed by atoms with E-state index in [1.54, 1.807) is 13.2 Å². The molecule has 0 bridgehead atoms. The minimum Gasteiger partial charge on any atom is -0.507 e. The number of carbonyl (C=O) groups excluding carboxylic acids is 1. The van der Waals surface area contributed by atoms with Crippen LogP contribution >= 0.6 is 11.3 Å². The number of aromatic hydroxyl groups is 1. The second-order valence-electron chi connectivity index (χ2n) is 8.18. The van der Waals surface area contributed by atoms with Crippen LogP contribution in [0.25, 0.3) is 11.3 Å². The van der Waals surface area contributed by atoms with Gasteiger partial charge in [0.1, 0.15) is 11.4 Å². The van der Waals surface area contributed by atoms with Crippen LogP contribution < -0.4 is 4.90 Å². The van der Waals surface area contributed by atoms with E-state index in [0.29, 0.717) is 19.5 Å². The summed E-state index contributed by atoms with van der Waals surface area (Å²) in [5.74, 6) is -0.259. The molecule has 6 nitrogen and oxygen atoms in total. The predicted molar refractivity (Wildman–Crippen MR) is 111 cm³/mol. The molecular weight excluding hydrogens is 376 g/mol. The first-order chi connectivity index (χ1) is 13.2. The summed E-state index contributed by atoms with van der Waals surface area (Å²) in [6.07, 6.45) is 0.404. The molecule has 152 valence electrons. The van der Waals surface area contributed by atoms with Gasteiger partial charge in [0, 0.05) is 31.1 Å². The van der Waals surface area contributed by atoms with Crippen LogP contribution in [0.5, 0.6) is 5.75 Å². The number of ether oxygens (including phenoxy) is 2. The van der Waals surface area contributed by atoms with E-state index in [4.69, 9.17) is 14.5 Å². The Kier molecular flexibility index (Phi) is 5.95. The van der Waals surface area contributed by atoms with Gasteiger partial charge in [-0.25, -0.2) is 4.98 Å². The van der Waals surface area contributed by atoms with Crippen molar-refractivity contribution in [3.8, 4) is 17.0 Å². The van der Waals surface area contributed by atoms with Crippen molar-refractivity contribution in [2.45, 2.75) is 45.8 Å². The van der Waals surface area contributed by atoms with Gasteiger partial charge in [-0.05, 0) is 46.2 Å². The number of hydrogen-bond donors (Lipinski definition) is 1. The summed E-state index contributed by atoms with van der Waals surface area (Å²) in [4.78, 5) is 19.4. The SMILES string of the molecule is CO[C@H]1CN(c2nc(-c3cc(C)ccc3O)cs2)CCC1C(=O)OC(C)(C)C. The lowest BCUT2D eigenvalue weighted by atomic mass is 9.93. The Balaban J connectivity index is 1.74. The third-order valence-corrected chi connectivity index (χ3v) is 5.66. The Morgan fingerprint density at radius 1 is 1.36 bits per heavy atom. The summed E-state index contributed by atoms with van der Waals surface area (Å²) in [5.41, 5.74) is 2.05. The average Bonchev–Trinajstić information content (AvgIpc) is 3.11. The molecule has 1 N–H and O–H groups in total. The van der Waals surface area contributed by atoms with Gasteiger partial charge in [0.25, 0.3) is 0 Å². The third-order valence-electron chi connectivity index (χ3n) is 4.76. The lowest BCUT2D eigenvalue weighted by Gasteiger charge is -2.37. The highest BCUT2D eigenvalue weighted by Gasteiger charge is 2.37. The number of benzene rings is 1. The molecule has 28 heavy (non-hydrogen) atoms. The van der Waals surface area contributed by atoms with E-state index >= 15 is 0 Å². The Hall–Kier alpha value is -2.12. The van der Waals surface area contributed by atoms with Crippen molar-refractivity contribution in [2.75, 3.05) is 25.1 Å². The molecule has 0 aliphatic carbocycles. The van der Waals surface area contributed by atoms with Gasteiger partial charge in [-0.2, -0.15) is 0 Å². The summed E-state index contributed by atoms with van der Waals surface area (Å²) in [6, 6.07) is 5.49. The van der Waals surface area contributed by atoms with Crippen molar-refractivity contribution < 1.29 is 19.4 Å². The molecular formula is C21H28N2O4S. The number of piperidine rings is 1. The van der Waals surface area contributed by atoms with Crippen molar-refractivity contribution in [2.24, 2.45) is 5.92 Å². The zero-order valence-corrected chi connectivity index (χ0v) is 17.9. The van der Waals surface area contributed by atoms with Gasteiger partial charge in [-0.15, -0.1) is 11.3 Å². The summed E-state index contributed by atoms with van der Waals surface area (Å²) in [5, 5.41) is 13.0. The first-order valence-corrected chi connectivity index (χ1v) is 10.3. The molecule has 2 heterocycles. The van der Waals surface area contributed by atoms with Crippen LogP contribution in [0, 0.1) is 12.8 Å². The number of aryl methyl sites for hydroxylation is 1. The number of phenolic OH excluding ortho intramolecular Hbond substituents is 1. The van der Waals surface area contributed by atoms with Gasteiger partial charge in [0.15, 0.2) is 5.13 Å². The second kappa shape index (κ2) is 8.09. The van der Waals surface area contributed by atoms with E-state index in [1.807, 2.05) is 45.2 Å². The van der Waals surface area contributed by atoms with Crippen molar-refractivity contribution in [1.82, 2.24) is 4.98 Å². The number of anilines is 1. The fraction of sp³-hybridized carbons (Fsp3) is 0.524. The van der Waals surface area contributed by atoms with Gasteiger partial charge in [0.05, 0.1) is 17.7 Å². The van der Waals surface area contributed by atoms with Crippen LogP contribution in [0.1, 0.15) is 32.8 Å².